The summed E-state index contributed by atoms with van der Waals surface area (Å²) in [5.41, 5.74) is 16.7. The number of piperidine rings is 1. The lowest BCUT2D eigenvalue weighted by Crippen LogP contribution is -2.32. The van der Waals surface area contributed by atoms with Crippen LogP contribution < -0.4 is 21.8 Å². The van der Waals surface area contributed by atoms with Crippen LogP contribution in [0.25, 0.3) is 0 Å². The Morgan fingerprint density at radius 2 is 1.57 bits per heavy atom. The molecule has 0 bridgehead atoms. The number of nitrogens with one attached hydrogen (secondary N) is 1. The monoisotopic (exact) mass is 285 g/mol. The van der Waals surface area contributed by atoms with Crippen LogP contribution in [-0.4, -0.2) is 30.5 Å². The topological polar surface area (TPSA) is 104 Å². The Balaban J connectivity index is 1.66. The quantitative estimate of drug-likeness (QED) is 0.723. The molecule has 2 heterocycles. The summed E-state index contributed by atoms with van der Waals surface area (Å²) in [6, 6.07) is 8.17. The Hall–Kier alpha value is -2.57. The van der Waals surface area contributed by atoms with Gasteiger partial charge in [-0.05, 0) is 43.5 Å². The highest BCUT2D eigenvalue weighted by Crippen LogP contribution is 2.21. The van der Waals surface area contributed by atoms with E-state index in [2.05, 4.69) is 37.8 Å². The highest BCUT2D eigenvalue weighted by molar-refractivity contribution is 6.68. The lowest BCUT2D eigenvalue weighted by Gasteiger charge is -2.28. The summed E-state index contributed by atoms with van der Waals surface area (Å²) in [5.74, 6) is 0.454. The van der Waals surface area contributed by atoms with E-state index in [9.17, 15) is 0 Å². The fraction of sp³-hybridized carbons (Fsp3) is 0.357. The van der Waals surface area contributed by atoms with Crippen LogP contribution in [0.3, 0.4) is 0 Å². The largest absolute Gasteiger partial charge is 0.380 e. The SMILES string of the molecule is NC1=NN=C(N)C1=NNc1ccc(N2CCCCC2)cc1. The number of nitrogens with two attached hydrogens (primary N) is 2. The number of nitrogens with zero attached hydrogens (tertiary/aromatic N) is 4. The molecule has 1 fully saturated rings. The zero-order valence-corrected chi connectivity index (χ0v) is 11.8. The third-order valence-electron chi connectivity index (χ3n) is 3.64. The summed E-state index contributed by atoms with van der Waals surface area (Å²) in [4.78, 5) is 2.41. The van der Waals surface area contributed by atoms with Crippen LogP contribution in [-0.2, 0) is 0 Å². The molecule has 0 saturated carbocycles. The number of rotatable bonds is 3. The molecular weight excluding hydrogens is 266 g/mol. The molecule has 1 aromatic carbocycles. The highest BCUT2D eigenvalue weighted by Gasteiger charge is 2.16. The van der Waals surface area contributed by atoms with E-state index in [4.69, 9.17) is 11.5 Å². The summed E-state index contributed by atoms with van der Waals surface area (Å²) < 4.78 is 0. The van der Waals surface area contributed by atoms with Gasteiger partial charge in [0.2, 0.25) is 0 Å². The van der Waals surface area contributed by atoms with Crippen LogP contribution in [0.2, 0.25) is 0 Å². The fourth-order valence-electron chi connectivity index (χ4n) is 2.47. The summed E-state index contributed by atoms with van der Waals surface area (Å²) in [6.45, 7) is 2.27. The van der Waals surface area contributed by atoms with Gasteiger partial charge < -0.3 is 16.4 Å². The van der Waals surface area contributed by atoms with Gasteiger partial charge >= 0.3 is 0 Å². The van der Waals surface area contributed by atoms with Crippen molar-refractivity contribution in [1.82, 2.24) is 0 Å². The molecule has 1 aromatic rings. The predicted molar refractivity (Wildman–Crippen MR) is 86.8 cm³/mol. The van der Waals surface area contributed by atoms with E-state index in [0.717, 1.165) is 18.8 Å². The van der Waals surface area contributed by atoms with Gasteiger partial charge in [0.05, 0.1) is 5.69 Å². The molecule has 110 valence electrons. The molecule has 0 aromatic heterocycles. The molecule has 0 atom stereocenters. The van der Waals surface area contributed by atoms with E-state index in [1.165, 1.54) is 24.9 Å². The van der Waals surface area contributed by atoms with E-state index >= 15 is 0 Å². The molecule has 1 saturated heterocycles. The third kappa shape index (κ3) is 2.96. The zero-order valence-electron chi connectivity index (χ0n) is 11.8. The van der Waals surface area contributed by atoms with Gasteiger partial charge in [0, 0.05) is 18.8 Å². The highest BCUT2D eigenvalue weighted by atomic mass is 15.4. The van der Waals surface area contributed by atoms with Crippen molar-refractivity contribution in [2.45, 2.75) is 19.3 Å². The maximum Gasteiger partial charge on any atom is 0.177 e. The van der Waals surface area contributed by atoms with Gasteiger partial charge in [0.1, 0.15) is 0 Å². The van der Waals surface area contributed by atoms with Crippen LogP contribution >= 0.6 is 0 Å². The lowest BCUT2D eigenvalue weighted by atomic mass is 10.1. The molecule has 0 radical (unpaired) electrons. The maximum atomic E-state index is 5.63. The third-order valence-corrected chi connectivity index (χ3v) is 3.64. The first kappa shape index (κ1) is 13.4. The summed E-state index contributed by atoms with van der Waals surface area (Å²) in [5, 5.41) is 11.5. The van der Waals surface area contributed by atoms with Gasteiger partial charge in [0.15, 0.2) is 17.4 Å². The number of amidine groups is 2. The van der Waals surface area contributed by atoms with Crippen molar-refractivity contribution in [2.75, 3.05) is 23.4 Å². The summed E-state index contributed by atoms with van der Waals surface area (Å²) in [6.07, 6.45) is 3.87. The minimum absolute atomic E-state index is 0.227. The Labute approximate surface area is 123 Å². The Kier molecular flexibility index (Phi) is 3.72. The second kappa shape index (κ2) is 5.82. The number of benzene rings is 1. The summed E-state index contributed by atoms with van der Waals surface area (Å²) in [7, 11) is 0. The van der Waals surface area contributed by atoms with Gasteiger partial charge in [-0.1, -0.05) is 0 Å². The van der Waals surface area contributed by atoms with Gasteiger partial charge in [-0.25, -0.2) is 0 Å². The molecule has 0 aliphatic carbocycles. The van der Waals surface area contributed by atoms with Crippen LogP contribution in [0.5, 0.6) is 0 Å². The average Bonchev–Trinajstić information content (AvgIpc) is 2.85. The van der Waals surface area contributed by atoms with Crippen molar-refractivity contribution in [3.8, 4) is 0 Å². The molecular formula is C14H19N7. The molecule has 7 nitrogen and oxygen atoms in total. The second-order valence-corrected chi connectivity index (χ2v) is 5.14. The van der Waals surface area contributed by atoms with Crippen molar-refractivity contribution >= 4 is 28.8 Å². The van der Waals surface area contributed by atoms with Crippen molar-refractivity contribution in [2.24, 2.45) is 26.8 Å². The molecule has 3 rings (SSSR count). The summed E-state index contributed by atoms with van der Waals surface area (Å²) >= 11 is 0. The van der Waals surface area contributed by atoms with E-state index in [1.807, 2.05) is 12.1 Å². The van der Waals surface area contributed by atoms with Crippen molar-refractivity contribution < 1.29 is 0 Å². The van der Waals surface area contributed by atoms with Gasteiger partial charge in [0.25, 0.3) is 0 Å². The first-order valence-electron chi connectivity index (χ1n) is 7.10. The maximum absolute atomic E-state index is 5.63. The van der Waals surface area contributed by atoms with Crippen LogP contribution in [0.15, 0.2) is 39.6 Å². The number of hydrazone groups is 1. The van der Waals surface area contributed by atoms with Crippen molar-refractivity contribution in [3.63, 3.8) is 0 Å². The van der Waals surface area contributed by atoms with Crippen LogP contribution in [0.1, 0.15) is 19.3 Å². The molecule has 2 aliphatic rings. The van der Waals surface area contributed by atoms with Crippen LogP contribution in [0.4, 0.5) is 11.4 Å². The normalized spacial score (nSPS) is 18.3. The standard InChI is InChI=1S/C14H19N7/c15-13-12(14(16)20-19-13)18-17-10-4-6-11(7-5-10)21-8-2-1-3-9-21/h4-7,17H,1-3,8-9H2,(H4,15,16,18,19,20). The molecule has 21 heavy (non-hydrogen) atoms. The van der Waals surface area contributed by atoms with E-state index in [0.29, 0.717) is 5.71 Å². The second-order valence-electron chi connectivity index (χ2n) is 5.14. The molecule has 0 unspecified atom stereocenters. The molecule has 0 spiro atoms. The molecule has 2 aliphatic heterocycles. The minimum Gasteiger partial charge on any atom is -0.380 e. The Bertz CT molecular complexity index is 574. The minimum atomic E-state index is 0.227. The first-order chi connectivity index (χ1) is 10.2. The fourth-order valence-corrected chi connectivity index (χ4v) is 2.47. The lowest BCUT2D eigenvalue weighted by molar-refractivity contribution is 0.578. The predicted octanol–water partition coefficient (Wildman–Crippen LogP) is 1.09. The Morgan fingerprint density at radius 3 is 2.19 bits per heavy atom. The molecule has 0 amide bonds. The van der Waals surface area contributed by atoms with E-state index in [1.54, 1.807) is 0 Å². The molecule has 7 heteroatoms. The van der Waals surface area contributed by atoms with Gasteiger partial charge in [-0.2, -0.15) is 5.10 Å². The van der Waals surface area contributed by atoms with E-state index < -0.39 is 0 Å². The van der Waals surface area contributed by atoms with Crippen molar-refractivity contribution in [3.05, 3.63) is 24.3 Å². The van der Waals surface area contributed by atoms with Crippen molar-refractivity contribution in [1.29, 1.82) is 0 Å². The van der Waals surface area contributed by atoms with Gasteiger partial charge in [-0.3, -0.25) is 5.43 Å². The van der Waals surface area contributed by atoms with E-state index in [-0.39, 0.29) is 11.7 Å². The average molecular weight is 285 g/mol. The smallest absolute Gasteiger partial charge is 0.177 e. The Morgan fingerprint density at radius 1 is 0.952 bits per heavy atom. The van der Waals surface area contributed by atoms with Gasteiger partial charge in [-0.15, -0.1) is 10.2 Å². The first-order valence-corrected chi connectivity index (χ1v) is 7.10. The number of hydrogen-bond donors (Lipinski definition) is 3. The number of anilines is 2. The molecule has 5 N–H and O–H groups in total. The zero-order chi connectivity index (χ0) is 14.7. The number of hydrogen-bond acceptors (Lipinski definition) is 7. The van der Waals surface area contributed by atoms with Crippen LogP contribution in [0, 0.1) is 0 Å².